The van der Waals surface area contributed by atoms with Crippen LogP contribution in [0, 0.1) is 0 Å². The van der Waals surface area contributed by atoms with E-state index in [1.807, 2.05) is 12.1 Å². The van der Waals surface area contributed by atoms with Crippen molar-refractivity contribution in [1.82, 2.24) is 14.9 Å². The fraction of sp³-hybridized carbons (Fsp3) is 0.325. The first kappa shape index (κ1) is 40.1. The van der Waals surface area contributed by atoms with Gasteiger partial charge in [0.2, 0.25) is 0 Å². The molecule has 6 rings (SSSR count). The predicted octanol–water partition coefficient (Wildman–Crippen LogP) is 10.5. The Kier molecular flexibility index (Phi) is 11.3. The van der Waals surface area contributed by atoms with Gasteiger partial charge in [-0.3, -0.25) is 14.6 Å². The highest BCUT2D eigenvalue weighted by Gasteiger charge is 2.47. The number of nitrogens with zero attached hydrogens (tertiary/aromatic N) is 3. The molecule has 1 aliphatic rings. The molecule has 3 aromatic carbocycles. The van der Waals surface area contributed by atoms with Crippen molar-refractivity contribution in [3.8, 4) is 21.8 Å². The zero-order valence-electron chi connectivity index (χ0n) is 31.0. The number of aromatic nitrogens is 2. The number of thiazole rings is 1. The number of benzene rings is 3. The number of likely N-dealkylation sites (tertiary alicyclic amines) is 1. The van der Waals surface area contributed by atoms with Crippen molar-refractivity contribution in [3.05, 3.63) is 119 Å². The third kappa shape index (κ3) is 9.12. The van der Waals surface area contributed by atoms with Gasteiger partial charge in [-0.1, -0.05) is 63.2 Å². The lowest BCUT2D eigenvalue weighted by Gasteiger charge is -2.42. The molecule has 2 aromatic heterocycles. The van der Waals surface area contributed by atoms with E-state index in [0.29, 0.717) is 46.8 Å². The smallest absolute Gasteiger partial charge is 0.416 e. The second kappa shape index (κ2) is 15.5. The van der Waals surface area contributed by atoms with Gasteiger partial charge in [0.25, 0.3) is 10.0 Å². The number of carboxylic acid groups (broad SMARTS) is 1. The second-order valence-corrected chi connectivity index (χ2v) is 22.5. The Balaban J connectivity index is 1.11. The average molecular weight is 809 g/mol. The van der Waals surface area contributed by atoms with Crippen LogP contribution in [0.1, 0.15) is 56.4 Å². The summed E-state index contributed by atoms with van der Waals surface area (Å²) in [7, 11) is -6.25. The Hall–Kier alpha value is -4.57. The first-order valence-corrected chi connectivity index (χ1v) is 23.0. The molecule has 15 heteroatoms. The molecule has 290 valence electrons. The van der Waals surface area contributed by atoms with Crippen LogP contribution in [0.3, 0.4) is 0 Å². The van der Waals surface area contributed by atoms with Gasteiger partial charge in [0.05, 0.1) is 28.3 Å². The molecule has 1 saturated heterocycles. The van der Waals surface area contributed by atoms with E-state index in [2.05, 4.69) is 48.6 Å². The zero-order chi connectivity index (χ0) is 39.8. The molecule has 2 N–H and O–H groups in total. The number of hydrogen-bond donors (Lipinski definition) is 2. The van der Waals surface area contributed by atoms with Crippen LogP contribution in [-0.2, 0) is 27.0 Å². The maximum Gasteiger partial charge on any atom is 0.416 e. The summed E-state index contributed by atoms with van der Waals surface area (Å²) in [5.41, 5.74) is 3.05. The van der Waals surface area contributed by atoms with E-state index in [1.54, 1.807) is 54.2 Å². The van der Waals surface area contributed by atoms with Gasteiger partial charge in [-0.15, -0.1) is 11.3 Å². The minimum atomic E-state index is -4.43. The summed E-state index contributed by atoms with van der Waals surface area (Å²) in [4.78, 5) is 23.2. The highest BCUT2D eigenvalue weighted by atomic mass is 32.2. The molecular formula is C40H43F3N4O5S2Si. The van der Waals surface area contributed by atoms with E-state index in [9.17, 15) is 31.5 Å². The van der Waals surface area contributed by atoms with Crippen molar-refractivity contribution in [2.24, 2.45) is 0 Å². The maximum atomic E-state index is 13.3. The van der Waals surface area contributed by atoms with Gasteiger partial charge in [-0.25, -0.2) is 18.2 Å². The van der Waals surface area contributed by atoms with E-state index >= 15 is 0 Å². The van der Waals surface area contributed by atoms with Gasteiger partial charge in [0.1, 0.15) is 5.01 Å². The van der Waals surface area contributed by atoms with Gasteiger partial charge in [0.15, 0.2) is 8.32 Å². The first-order valence-electron chi connectivity index (χ1n) is 17.8. The van der Waals surface area contributed by atoms with Crippen LogP contribution >= 0.6 is 11.3 Å². The number of rotatable bonds is 11. The molecule has 3 atom stereocenters. The Morgan fingerprint density at radius 1 is 0.982 bits per heavy atom. The molecule has 1 amide bonds. The summed E-state index contributed by atoms with van der Waals surface area (Å²) in [6, 6.07) is 21.0. The lowest BCUT2D eigenvalue weighted by Crippen LogP contribution is -2.49. The van der Waals surface area contributed by atoms with Gasteiger partial charge in [0, 0.05) is 40.6 Å². The summed E-state index contributed by atoms with van der Waals surface area (Å²) in [5.74, 6) is 0. The largest absolute Gasteiger partial charge is 0.465 e. The van der Waals surface area contributed by atoms with Gasteiger partial charge in [-0.05, 0) is 91.0 Å². The minimum absolute atomic E-state index is 0.0389. The molecule has 0 saturated carbocycles. The third-order valence-corrected chi connectivity index (χ3v) is 17.2. The molecule has 0 aliphatic carbocycles. The fourth-order valence-electron chi connectivity index (χ4n) is 6.46. The molecule has 1 unspecified atom stereocenters. The Morgan fingerprint density at radius 2 is 1.64 bits per heavy atom. The molecule has 1 fully saturated rings. The van der Waals surface area contributed by atoms with Crippen molar-refractivity contribution < 1.29 is 35.9 Å². The van der Waals surface area contributed by atoms with Gasteiger partial charge < -0.3 is 9.53 Å². The number of amides is 1. The van der Waals surface area contributed by atoms with Crippen molar-refractivity contribution >= 4 is 41.5 Å². The maximum absolute atomic E-state index is 13.3. The number of nitrogens with one attached hydrogen (secondary N) is 1. The van der Waals surface area contributed by atoms with Crippen LogP contribution in [-0.4, -0.2) is 54.9 Å². The molecule has 9 nitrogen and oxygen atoms in total. The highest BCUT2D eigenvalue weighted by molar-refractivity contribution is 7.92. The summed E-state index contributed by atoms with van der Waals surface area (Å²) in [5, 5.41) is 12.7. The Bertz CT molecular complexity index is 2210. The van der Waals surface area contributed by atoms with E-state index in [1.165, 1.54) is 40.5 Å². The first-order chi connectivity index (χ1) is 25.8. The van der Waals surface area contributed by atoms with E-state index in [0.717, 1.165) is 23.3 Å². The fourth-order valence-corrected chi connectivity index (χ4v) is 9.63. The van der Waals surface area contributed by atoms with Gasteiger partial charge in [-0.2, -0.15) is 13.2 Å². The van der Waals surface area contributed by atoms with E-state index in [-0.39, 0.29) is 16.0 Å². The average Bonchev–Trinajstić information content (AvgIpc) is 3.79. The van der Waals surface area contributed by atoms with Crippen molar-refractivity contribution in [2.75, 3.05) is 4.72 Å². The standard InChI is InChI=1S/C40H43F3N4O5S2Si/c1-39(2,3)55(4,5)52-36(29-7-6-22-44-24-29)35-21-18-32(47(35)38(48)49)23-26-8-16-31(17-9-26)46-54(50,51)33-19-12-28(13-20-33)37-45-34(25-53-37)27-10-14-30(15-11-27)40(41,42)43/h6-17,19-20,22,24-25,32,35-36,46H,18,21,23H2,1-5H3,(H,48,49)/t32-,35+,36?/m0/s1. The molecular weight excluding hydrogens is 766 g/mol. The van der Waals surface area contributed by atoms with E-state index in [4.69, 9.17) is 4.43 Å². The molecule has 0 radical (unpaired) electrons. The van der Waals surface area contributed by atoms with Gasteiger partial charge >= 0.3 is 12.3 Å². The normalized spacial score (nSPS) is 17.3. The summed E-state index contributed by atoms with van der Waals surface area (Å²) < 4.78 is 75.0. The number of hydrogen-bond acceptors (Lipinski definition) is 7. The monoisotopic (exact) mass is 808 g/mol. The Labute approximate surface area is 324 Å². The molecule has 55 heavy (non-hydrogen) atoms. The number of halogens is 3. The Morgan fingerprint density at radius 3 is 2.22 bits per heavy atom. The van der Waals surface area contributed by atoms with Crippen molar-refractivity contribution in [2.45, 2.75) is 87.4 Å². The molecule has 1 aliphatic heterocycles. The van der Waals surface area contributed by atoms with Crippen LogP contribution in [0.5, 0.6) is 0 Å². The van der Waals surface area contributed by atoms with Crippen LogP contribution in [0.25, 0.3) is 21.8 Å². The molecule has 0 bridgehead atoms. The van der Waals surface area contributed by atoms with Crippen LogP contribution in [0.2, 0.25) is 18.1 Å². The van der Waals surface area contributed by atoms with Crippen LogP contribution < -0.4 is 4.72 Å². The number of sulfonamides is 1. The van der Waals surface area contributed by atoms with Crippen molar-refractivity contribution in [1.29, 1.82) is 0 Å². The SMILES string of the molecule is CC(C)(C)[Si](C)(C)OC(c1cccnc1)[C@H]1CC[C@@H](Cc2ccc(NS(=O)(=O)c3ccc(-c4nc(-c5ccc(C(F)(F)F)cc5)cs4)cc3)cc2)N1C(=O)O. The second-order valence-electron chi connectivity index (χ2n) is 15.2. The predicted molar refractivity (Wildman–Crippen MR) is 211 cm³/mol. The topological polar surface area (TPSA) is 122 Å². The zero-order valence-corrected chi connectivity index (χ0v) is 33.7. The summed E-state index contributed by atoms with van der Waals surface area (Å²) >= 11 is 1.30. The number of carbonyl (C=O) groups is 1. The lowest BCUT2D eigenvalue weighted by atomic mass is 10.0. The quantitative estimate of drug-likeness (QED) is 0.127. The number of anilines is 1. The number of pyridine rings is 1. The highest BCUT2D eigenvalue weighted by Crippen LogP contribution is 2.44. The minimum Gasteiger partial charge on any atom is -0.465 e. The van der Waals surface area contributed by atoms with Crippen molar-refractivity contribution in [3.63, 3.8) is 0 Å². The third-order valence-electron chi connectivity index (χ3n) is 10.5. The van der Waals surface area contributed by atoms with E-state index < -0.39 is 48.3 Å². The summed E-state index contributed by atoms with van der Waals surface area (Å²) in [6.07, 6.45) is -0.722. The summed E-state index contributed by atoms with van der Waals surface area (Å²) in [6.45, 7) is 10.8. The van der Waals surface area contributed by atoms with Crippen LogP contribution in [0.15, 0.2) is 108 Å². The lowest BCUT2D eigenvalue weighted by molar-refractivity contribution is -0.137. The van der Waals surface area contributed by atoms with Crippen LogP contribution in [0.4, 0.5) is 23.7 Å². The molecule has 0 spiro atoms. The molecule has 5 aromatic rings. The molecule has 3 heterocycles. The number of alkyl halides is 3.